The topological polar surface area (TPSA) is 59.2 Å². The predicted molar refractivity (Wildman–Crippen MR) is 71.1 cm³/mol. The first-order chi connectivity index (χ1) is 9.56. The van der Waals surface area contributed by atoms with Crippen LogP contribution in [-0.4, -0.2) is 27.5 Å². The molecule has 1 unspecified atom stereocenters. The lowest BCUT2D eigenvalue weighted by Crippen LogP contribution is -2.30. The molecule has 0 radical (unpaired) electrons. The summed E-state index contributed by atoms with van der Waals surface area (Å²) in [4.78, 5) is 14.7. The van der Waals surface area contributed by atoms with Crippen LogP contribution in [0, 0.1) is 19.0 Å². The molecule has 0 bridgehead atoms. The number of thiophene rings is 1. The lowest BCUT2D eigenvalue weighted by atomic mass is 10.2. The number of hydrogen-bond donors (Lipinski definition) is 0. The summed E-state index contributed by atoms with van der Waals surface area (Å²) in [7, 11) is 0. The predicted octanol–water partition coefficient (Wildman–Crippen LogP) is 2.86. The normalized spacial score (nSPS) is 18.8. The van der Waals surface area contributed by atoms with Gasteiger partial charge in [-0.3, -0.25) is 4.79 Å². The number of carbonyl (C=O) groups is 1. The number of hydrogen-bond acceptors (Lipinski definition) is 5. The summed E-state index contributed by atoms with van der Waals surface area (Å²) >= 11 is 0.887. The van der Waals surface area contributed by atoms with E-state index in [2.05, 4.69) is 10.2 Å². The van der Waals surface area contributed by atoms with Crippen molar-refractivity contribution >= 4 is 17.2 Å². The number of rotatable bonds is 2. The Morgan fingerprint density at radius 3 is 2.90 bits per heavy atom. The van der Waals surface area contributed by atoms with Crippen molar-refractivity contribution in [2.45, 2.75) is 32.7 Å². The van der Waals surface area contributed by atoms with E-state index >= 15 is 0 Å². The Morgan fingerprint density at radius 1 is 1.50 bits per heavy atom. The number of nitrogens with zero attached hydrogens (tertiary/aromatic N) is 3. The Hall–Kier alpha value is -1.76. The van der Waals surface area contributed by atoms with E-state index in [0.29, 0.717) is 28.8 Å². The highest BCUT2D eigenvalue weighted by atomic mass is 32.1. The second kappa shape index (κ2) is 4.97. The SMILES string of the molecule is Cc1nnc(C2CCCN2C(=O)c2sc(F)cc2C)o1. The molecule has 106 valence electrons. The highest BCUT2D eigenvalue weighted by Gasteiger charge is 2.35. The minimum Gasteiger partial charge on any atom is -0.423 e. The molecule has 2 aromatic rings. The van der Waals surface area contributed by atoms with E-state index in [-0.39, 0.29) is 17.1 Å². The van der Waals surface area contributed by atoms with E-state index in [1.807, 2.05) is 0 Å². The summed E-state index contributed by atoms with van der Waals surface area (Å²) in [6, 6.07) is 1.19. The Bertz CT molecular complexity index is 652. The molecule has 0 aromatic carbocycles. The Morgan fingerprint density at radius 2 is 2.30 bits per heavy atom. The van der Waals surface area contributed by atoms with Gasteiger partial charge in [0.05, 0.1) is 4.88 Å². The molecule has 0 N–H and O–H groups in total. The van der Waals surface area contributed by atoms with Crippen molar-refractivity contribution in [1.82, 2.24) is 15.1 Å². The van der Waals surface area contributed by atoms with Gasteiger partial charge >= 0.3 is 0 Å². The van der Waals surface area contributed by atoms with Crippen LogP contribution in [0.4, 0.5) is 4.39 Å². The summed E-state index contributed by atoms with van der Waals surface area (Å²) in [5, 5.41) is 7.47. The van der Waals surface area contributed by atoms with Crippen molar-refractivity contribution in [3.8, 4) is 0 Å². The van der Waals surface area contributed by atoms with Crippen molar-refractivity contribution in [2.75, 3.05) is 6.54 Å². The molecule has 0 saturated carbocycles. The van der Waals surface area contributed by atoms with Crippen molar-refractivity contribution in [3.63, 3.8) is 0 Å². The van der Waals surface area contributed by atoms with Gasteiger partial charge in [-0.2, -0.15) is 4.39 Å². The zero-order valence-electron chi connectivity index (χ0n) is 11.2. The third-order valence-electron chi connectivity index (χ3n) is 3.42. The van der Waals surface area contributed by atoms with E-state index in [0.717, 1.165) is 24.2 Å². The second-order valence-corrected chi connectivity index (χ2v) is 5.88. The lowest BCUT2D eigenvalue weighted by Gasteiger charge is -2.21. The number of likely N-dealkylation sites (tertiary alicyclic amines) is 1. The quantitative estimate of drug-likeness (QED) is 0.854. The van der Waals surface area contributed by atoms with Gasteiger partial charge in [-0.25, -0.2) is 0 Å². The summed E-state index contributed by atoms with van der Waals surface area (Å²) in [5.74, 6) is 0.787. The van der Waals surface area contributed by atoms with Crippen LogP contribution in [0.3, 0.4) is 0 Å². The first-order valence-corrected chi connectivity index (χ1v) is 7.25. The summed E-state index contributed by atoms with van der Waals surface area (Å²) < 4.78 is 18.7. The fourth-order valence-corrected chi connectivity index (χ4v) is 3.35. The highest BCUT2D eigenvalue weighted by Crippen LogP contribution is 2.34. The maximum absolute atomic E-state index is 13.3. The Kier molecular flexibility index (Phi) is 3.29. The minimum absolute atomic E-state index is 0.158. The number of aromatic nitrogens is 2. The molecular weight excluding hydrogens is 281 g/mol. The smallest absolute Gasteiger partial charge is 0.264 e. The molecule has 1 saturated heterocycles. The number of aryl methyl sites for hydroxylation is 2. The number of halogens is 1. The summed E-state index contributed by atoms with van der Waals surface area (Å²) in [5.41, 5.74) is 0.671. The van der Waals surface area contributed by atoms with Crippen molar-refractivity contribution in [1.29, 1.82) is 0 Å². The molecule has 1 atom stereocenters. The van der Waals surface area contributed by atoms with Crippen LogP contribution in [0.25, 0.3) is 0 Å². The second-order valence-electron chi connectivity index (χ2n) is 4.88. The van der Waals surface area contributed by atoms with Crippen LogP contribution in [-0.2, 0) is 0 Å². The summed E-state index contributed by atoms with van der Waals surface area (Å²) in [6.45, 7) is 4.09. The number of amides is 1. The average molecular weight is 295 g/mol. The molecule has 2 aromatic heterocycles. The standard InChI is InChI=1S/C13H14FN3O2S/c1-7-6-10(14)20-11(7)13(18)17-5-3-4-9(17)12-16-15-8(2)19-12/h6,9H,3-5H2,1-2H3. The fraction of sp³-hybridized carbons (Fsp3) is 0.462. The van der Waals surface area contributed by atoms with Crippen molar-refractivity contribution in [2.24, 2.45) is 0 Å². The van der Waals surface area contributed by atoms with Gasteiger partial charge in [-0.05, 0) is 31.4 Å². The van der Waals surface area contributed by atoms with Gasteiger partial charge in [0.25, 0.3) is 5.91 Å². The van der Waals surface area contributed by atoms with Gasteiger partial charge in [-0.15, -0.1) is 21.5 Å². The molecule has 5 nitrogen and oxygen atoms in total. The van der Waals surface area contributed by atoms with Crippen LogP contribution in [0.15, 0.2) is 10.5 Å². The van der Waals surface area contributed by atoms with Crippen molar-refractivity contribution < 1.29 is 13.6 Å². The van der Waals surface area contributed by atoms with Crippen LogP contribution >= 0.6 is 11.3 Å². The Balaban J connectivity index is 1.89. The molecule has 0 spiro atoms. The lowest BCUT2D eigenvalue weighted by molar-refractivity contribution is 0.0719. The van der Waals surface area contributed by atoms with E-state index < -0.39 is 0 Å². The molecule has 3 heterocycles. The highest BCUT2D eigenvalue weighted by molar-refractivity contribution is 7.12. The van der Waals surface area contributed by atoms with E-state index in [1.165, 1.54) is 6.07 Å². The molecule has 20 heavy (non-hydrogen) atoms. The molecule has 1 aliphatic heterocycles. The molecule has 1 aliphatic rings. The third kappa shape index (κ3) is 2.22. The minimum atomic E-state index is -0.338. The van der Waals surface area contributed by atoms with Crippen LogP contribution in [0.1, 0.15) is 45.9 Å². The van der Waals surface area contributed by atoms with Crippen LogP contribution in [0.2, 0.25) is 0 Å². The molecule has 1 fully saturated rings. The first-order valence-electron chi connectivity index (χ1n) is 6.43. The molecule has 0 aliphatic carbocycles. The third-order valence-corrected chi connectivity index (χ3v) is 4.44. The average Bonchev–Trinajstić information content (AvgIpc) is 3.08. The van der Waals surface area contributed by atoms with Crippen LogP contribution in [0.5, 0.6) is 0 Å². The van der Waals surface area contributed by atoms with Gasteiger partial charge in [0.2, 0.25) is 11.8 Å². The maximum atomic E-state index is 13.3. The van der Waals surface area contributed by atoms with Gasteiger partial charge in [-0.1, -0.05) is 0 Å². The molecule has 7 heteroatoms. The van der Waals surface area contributed by atoms with E-state index in [1.54, 1.807) is 18.7 Å². The molecule has 1 amide bonds. The van der Waals surface area contributed by atoms with Crippen LogP contribution < -0.4 is 0 Å². The van der Waals surface area contributed by atoms with E-state index in [9.17, 15) is 9.18 Å². The maximum Gasteiger partial charge on any atom is 0.264 e. The Labute approximate surface area is 119 Å². The fourth-order valence-electron chi connectivity index (χ4n) is 2.50. The zero-order chi connectivity index (χ0) is 14.3. The van der Waals surface area contributed by atoms with Gasteiger partial charge in [0.15, 0.2) is 5.13 Å². The van der Waals surface area contributed by atoms with Gasteiger partial charge in [0, 0.05) is 13.5 Å². The zero-order valence-corrected chi connectivity index (χ0v) is 12.0. The molecular formula is C13H14FN3O2S. The summed E-state index contributed by atoms with van der Waals surface area (Å²) in [6.07, 6.45) is 1.67. The van der Waals surface area contributed by atoms with E-state index in [4.69, 9.17) is 4.42 Å². The monoisotopic (exact) mass is 295 g/mol. The van der Waals surface area contributed by atoms with Gasteiger partial charge < -0.3 is 9.32 Å². The number of carbonyl (C=O) groups excluding carboxylic acids is 1. The van der Waals surface area contributed by atoms with Crippen molar-refractivity contribution in [3.05, 3.63) is 33.4 Å². The molecule has 3 rings (SSSR count). The first kappa shape index (κ1) is 13.2. The largest absolute Gasteiger partial charge is 0.423 e. The van der Waals surface area contributed by atoms with Gasteiger partial charge in [0.1, 0.15) is 6.04 Å².